The van der Waals surface area contributed by atoms with E-state index in [0.29, 0.717) is 13.1 Å². The Hall–Kier alpha value is 0.234. The Bertz CT molecular complexity index is 315. The zero-order chi connectivity index (χ0) is 18.4. The number of rotatable bonds is 12. The van der Waals surface area contributed by atoms with Crippen LogP contribution in [0.3, 0.4) is 0 Å². The van der Waals surface area contributed by atoms with Gasteiger partial charge in [0.1, 0.15) is 0 Å². The summed E-state index contributed by atoms with van der Waals surface area (Å²) in [5.41, 5.74) is 11.9. The van der Waals surface area contributed by atoms with Crippen LogP contribution in [-0.4, -0.2) is 55.1 Å². The summed E-state index contributed by atoms with van der Waals surface area (Å²) >= 11 is 0. The van der Waals surface area contributed by atoms with E-state index in [2.05, 4.69) is 64.5 Å². The summed E-state index contributed by atoms with van der Waals surface area (Å²) < 4.78 is 6.61. The van der Waals surface area contributed by atoms with Gasteiger partial charge in [-0.2, -0.15) is 0 Å². The van der Waals surface area contributed by atoms with E-state index < -0.39 is 16.6 Å². The van der Waals surface area contributed by atoms with Crippen molar-refractivity contribution in [2.75, 3.05) is 38.5 Å². The second-order valence-electron chi connectivity index (χ2n) is 9.57. The maximum Gasteiger partial charge on any atom is 0.187 e. The summed E-state index contributed by atoms with van der Waals surface area (Å²) in [5.74, 6) is 0. The molecule has 7 heteroatoms. The molecule has 5 nitrogen and oxygen atoms in total. The second kappa shape index (κ2) is 9.08. The standard InChI is InChI=1S/C16H42N4OSi2/c1-15(2,9-17)11-19-13-22(5,6)21-23(7,8)14-20-12-16(3,4)10-18/h19-20H,9-14,17-18H2,1-8H3. The molecule has 0 aliphatic carbocycles. The SMILES string of the molecule is CC(C)(CN)CNC[Si](C)(C)O[Si](C)(C)CNCC(C)(C)CN. The van der Waals surface area contributed by atoms with Crippen LogP contribution in [0.1, 0.15) is 27.7 Å². The van der Waals surface area contributed by atoms with E-state index in [1.54, 1.807) is 0 Å². The quantitative estimate of drug-likeness (QED) is 0.397. The molecule has 0 radical (unpaired) electrons. The van der Waals surface area contributed by atoms with Crippen LogP contribution in [0.4, 0.5) is 0 Å². The second-order valence-corrected chi connectivity index (χ2v) is 18.1. The van der Waals surface area contributed by atoms with E-state index in [0.717, 1.165) is 25.4 Å². The molecule has 0 saturated heterocycles. The lowest BCUT2D eigenvalue weighted by Crippen LogP contribution is -2.56. The van der Waals surface area contributed by atoms with Gasteiger partial charge in [-0.3, -0.25) is 0 Å². The van der Waals surface area contributed by atoms with Gasteiger partial charge in [-0.25, -0.2) is 0 Å². The van der Waals surface area contributed by atoms with Crippen LogP contribution in [0.2, 0.25) is 26.2 Å². The molecule has 0 aromatic rings. The van der Waals surface area contributed by atoms with E-state index in [1.807, 2.05) is 0 Å². The van der Waals surface area contributed by atoms with Crippen LogP contribution in [0.5, 0.6) is 0 Å². The number of hydrogen-bond donors (Lipinski definition) is 4. The van der Waals surface area contributed by atoms with Crippen molar-refractivity contribution in [2.24, 2.45) is 22.3 Å². The van der Waals surface area contributed by atoms with Gasteiger partial charge in [0.15, 0.2) is 16.6 Å². The monoisotopic (exact) mass is 362 g/mol. The summed E-state index contributed by atoms with van der Waals surface area (Å²) in [6.07, 6.45) is 1.95. The lowest BCUT2D eigenvalue weighted by Gasteiger charge is -2.36. The van der Waals surface area contributed by atoms with Crippen LogP contribution >= 0.6 is 0 Å². The van der Waals surface area contributed by atoms with Crippen molar-refractivity contribution in [2.45, 2.75) is 53.9 Å². The van der Waals surface area contributed by atoms with Crippen LogP contribution < -0.4 is 22.1 Å². The van der Waals surface area contributed by atoms with Gasteiger partial charge in [-0.15, -0.1) is 0 Å². The minimum Gasteiger partial charge on any atom is -0.454 e. The van der Waals surface area contributed by atoms with Gasteiger partial charge in [-0.05, 0) is 50.1 Å². The molecule has 0 fully saturated rings. The summed E-state index contributed by atoms with van der Waals surface area (Å²) in [4.78, 5) is 0. The van der Waals surface area contributed by atoms with Crippen molar-refractivity contribution in [3.63, 3.8) is 0 Å². The number of nitrogens with two attached hydrogens (primary N) is 2. The molecule has 0 saturated carbocycles. The lowest BCUT2D eigenvalue weighted by atomic mass is 9.94. The first kappa shape index (κ1) is 23.2. The number of nitrogens with one attached hydrogen (secondary N) is 2. The molecule has 0 bridgehead atoms. The summed E-state index contributed by atoms with van der Waals surface area (Å²) in [6, 6.07) is 0. The average molecular weight is 363 g/mol. The normalized spacial score (nSPS) is 14.3. The van der Waals surface area contributed by atoms with Crippen LogP contribution in [0, 0.1) is 10.8 Å². The molecule has 0 rings (SSSR count). The van der Waals surface area contributed by atoms with Crippen molar-refractivity contribution in [3.05, 3.63) is 0 Å². The summed E-state index contributed by atoms with van der Waals surface area (Å²) in [7, 11) is -3.42. The molecule has 140 valence electrons. The zero-order valence-corrected chi connectivity index (χ0v) is 18.8. The minimum atomic E-state index is -1.71. The highest BCUT2D eigenvalue weighted by molar-refractivity contribution is 6.85. The molecule has 6 N–H and O–H groups in total. The molecular formula is C16H42N4OSi2. The molecule has 0 aliphatic heterocycles. The molecule has 0 amide bonds. The van der Waals surface area contributed by atoms with E-state index in [-0.39, 0.29) is 10.8 Å². The van der Waals surface area contributed by atoms with Gasteiger partial charge < -0.3 is 26.2 Å². The molecule has 0 aromatic carbocycles. The van der Waals surface area contributed by atoms with Gasteiger partial charge in [0, 0.05) is 25.4 Å². The van der Waals surface area contributed by atoms with E-state index >= 15 is 0 Å². The molecule has 0 aromatic heterocycles. The fourth-order valence-electron chi connectivity index (χ4n) is 2.37. The maximum absolute atomic E-state index is 6.61. The third kappa shape index (κ3) is 11.4. The highest BCUT2D eigenvalue weighted by atomic mass is 28.4. The molecule has 0 aliphatic rings. The Morgan fingerprint density at radius 3 is 1.30 bits per heavy atom. The lowest BCUT2D eigenvalue weighted by molar-refractivity contribution is 0.354. The van der Waals surface area contributed by atoms with Gasteiger partial charge in [0.2, 0.25) is 0 Å². The van der Waals surface area contributed by atoms with Crippen molar-refractivity contribution in [1.29, 1.82) is 0 Å². The van der Waals surface area contributed by atoms with Gasteiger partial charge >= 0.3 is 0 Å². The Labute approximate surface area is 146 Å². The Kier molecular flexibility index (Phi) is 9.17. The predicted octanol–water partition coefficient (Wildman–Crippen LogP) is 1.64. The maximum atomic E-state index is 6.61. The highest BCUT2D eigenvalue weighted by Crippen LogP contribution is 2.16. The van der Waals surface area contributed by atoms with Crippen molar-refractivity contribution in [1.82, 2.24) is 10.6 Å². The van der Waals surface area contributed by atoms with Gasteiger partial charge in [0.25, 0.3) is 0 Å². The van der Waals surface area contributed by atoms with Crippen molar-refractivity contribution < 1.29 is 4.12 Å². The molecule has 0 heterocycles. The first-order chi connectivity index (χ1) is 10.2. The Morgan fingerprint density at radius 2 is 1.04 bits per heavy atom. The minimum absolute atomic E-state index is 0.146. The summed E-state index contributed by atoms with van der Waals surface area (Å²) in [5, 5.41) is 7.14. The smallest absolute Gasteiger partial charge is 0.187 e. The number of hydrogen-bond acceptors (Lipinski definition) is 5. The first-order valence-electron chi connectivity index (χ1n) is 8.76. The molecule has 23 heavy (non-hydrogen) atoms. The van der Waals surface area contributed by atoms with Crippen molar-refractivity contribution in [3.8, 4) is 0 Å². The predicted molar refractivity (Wildman–Crippen MR) is 107 cm³/mol. The van der Waals surface area contributed by atoms with E-state index in [9.17, 15) is 0 Å². The molecule has 0 spiro atoms. The zero-order valence-electron chi connectivity index (χ0n) is 16.8. The van der Waals surface area contributed by atoms with Crippen LogP contribution in [0.25, 0.3) is 0 Å². The molecule has 0 atom stereocenters. The average Bonchev–Trinajstić information content (AvgIpc) is 2.36. The highest BCUT2D eigenvalue weighted by Gasteiger charge is 2.33. The summed E-state index contributed by atoms with van der Waals surface area (Å²) in [6.45, 7) is 21.2. The topological polar surface area (TPSA) is 85.3 Å². The first-order valence-corrected chi connectivity index (χ1v) is 15.0. The van der Waals surface area contributed by atoms with Gasteiger partial charge in [-0.1, -0.05) is 27.7 Å². The van der Waals surface area contributed by atoms with E-state index in [1.165, 1.54) is 0 Å². The Balaban J connectivity index is 4.29. The third-order valence-electron chi connectivity index (χ3n) is 3.97. The van der Waals surface area contributed by atoms with Crippen LogP contribution in [-0.2, 0) is 4.12 Å². The molecule has 0 unspecified atom stereocenters. The fraction of sp³-hybridized carbons (Fsp3) is 1.00. The van der Waals surface area contributed by atoms with Crippen LogP contribution in [0.15, 0.2) is 0 Å². The van der Waals surface area contributed by atoms with Crippen molar-refractivity contribution >= 4 is 16.6 Å². The largest absolute Gasteiger partial charge is 0.454 e. The Morgan fingerprint density at radius 1 is 0.739 bits per heavy atom. The molecular weight excluding hydrogens is 320 g/mol. The fourth-order valence-corrected chi connectivity index (χ4v) is 10.4. The van der Waals surface area contributed by atoms with Gasteiger partial charge in [0.05, 0.1) is 0 Å². The third-order valence-corrected chi connectivity index (χ3v) is 10.6. The van der Waals surface area contributed by atoms with E-state index in [4.69, 9.17) is 15.6 Å².